The third kappa shape index (κ3) is 13.9. The van der Waals surface area contributed by atoms with Gasteiger partial charge in [-0.05, 0) is 43.4 Å². The van der Waals surface area contributed by atoms with Crippen molar-refractivity contribution in [1.82, 2.24) is 5.32 Å². The molecule has 0 spiro atoms. The molecule has 0 aromatic heterocycles. The normalized spacial score (nSPS) is 12.1. The Bertz CT molecular complexity index is 904. The van der Waals surface area contributed by atoms with Crippen LogP contribution < -0.4 is 14.8 Å². The van der Waals surface area contributed by atoms with Crippen molar-refractivity contribution in [1.29, 1.82) is 0 Å². The maximum absolute atomic E-state index is 12.4. The van der Waals surface area contributed by atoms with Gasteiger partial charge < -0.3 is 33.7 Å². The first-order chi connectivity index (χ1) is 18.7. The van der Waals surface area contributed by atoms with Gasteiger partial charge >= 0.3 is 24.2 Å². The Labute approximate surface area is 230 Å². The van der Waals surface area contributed by atoms with Crippen LogP contribution in [0.2, 0.25) is 0 Å². The number of carbonyl (C=O) groups excluding carboxylic acids is 4. The summed E-state index contributed by atoms with van der Waals surface area (Å²) in [6, 6.07) is 3.75. The zero-order chi connectivity index (χ0) is 29.0. The van der Waals surface area contributed by atoms with Gasteiger partial charge in [0.2, 0.25) is 0 Å². The van der Waals surface area contributed by atoms with Crippen molar-refractivity contribution in [3.63, 3.8) is 0 Å². The van der Waals surface area contributed by atoms with Crippen molar-refractivity contribution in [3.8, 4) is 11.5 Å². The van der Waals surface area contributed by atoms with E-state index in [9.17, 15) is 19.2 Å². The van der Waals surface area contributed by atoms with E-state index >= 15 is 0 Å². The number of hydrogen-bond acceptors (Lipinski definition) is 11. The second-order valence-electron chi connectivity index (χ2n) is 8.98. The molecule has 0 amide bonds. The Morgan fingerprint density at radius 1 is 0.795 bits per heavy atom. The van der Waals surface area contributed by atoms with Crippen LogP contribution in [-0.2, 0) is 35.0 Å². The summed E-state index contributed by atoms with van der Waals surface area (Å²) in [6.07, 6.45) is 2.91. The Hall–Kier alpha value is -3.34. The molecule has 1 rings (SSSR count). The minimum atomic E-state index is -0.952. The first kappa shape index (κ1) is 33.7. The highest BCUT2D eigenvalue weighted by Crippen LogP contribution is 2.30. The van der Waals surface area contributed by atoms with Crippen LogP contribution >= 0.6 is 0 Å². The second-order valence-corrected chi connectivity index (χ2v) is 8.98. The highest BCUT2D eigenvalue weighted by Gasteiger charge is 2.22. The summed E-state index contributed by atoms with van der Waals surface area (Å²) < 4.78 is 30.8. The zero-order valence-electron chi connectivity index (χ0n) is 23.7. The van der Waals surface area contributed by atoms with Crippen molar-refractivity contribution in [3.05, 3.63) is 23.8 Å². The number of ether oxygens (including phenoxy) is 6. The van der Waals surface area contributed by atoms with Gasteiger partial charge in [0, 0.05) is 6.54 Å². The second kappa shape index (κ2) is 19.7. The van der Waals surface area contributed by atoms with Crippen molar-refractivity contribution in [2.24, 2.45) is 5.92 Å². The lowest BCUT2D eigenvalue weighted by Crippen LogP contribution is -2.41. The summed E-state index contributed by atoms with van der Waals surface area (Å²) in [5.74, 6) is -1.11. The molecular weight excluding hydrogens is 510 g/mol. The van der Waals surface area contributed by atoms with Crippen molar-refractivity contribution in [2.75, 3.05) is 33.5 Å². The number of methoxy groups -OCH3 is 1. The van der Waals surface area contributed by atoms with Gasteiger partial charge in [0.15, 0.2) is 11.5 Å². The lowest BCUT2D eigenvalue weighted by Gasteiger charge is -2.18. The van der Waals surface area contributed by atoms with E-state index in [0.29, 0.717) is 18.4 Å². The summed E-state index contributed by atoms with van der Waals surface area (Å²) in [5, 5.41) is 3.03. The molecule has 0 aliphatic rings. The van der Waals surface area contributed by atoms with Gasteiger partial charge in [-0.15, -0.1) is 0 Å². The van der Waals surface area contributed by atoms with Crippen molar-refractivity contribution >= 4 is 24.2 Å². The van der Waals surface area contributed by atoms with Gasteiger partial charge in [-0.2, -0.15) is 0 Å². The number of unbranched alkanes of at least 4 members (excludes halogenated alkanes) is 2. The van der Waals surface area contributed by atoms with Gasteiger partial charge in [0.1, 0.15) is 12.6 Å². The van der Waals surface area contributed by atoms with E-state index < -0.39 is 24.3 Å². The SMILES string of the molecule is CCCCOC(=O)Oc1ccc(C[C@H](NCCOC(=O)C(C)CCC)C(=O)OC)cc1OC(=O)OCCCC. The molecule has 1 aromatic carbocycles. The molecule has 0 bridgehead atoms. The van der Waals surface area contributed by atoms with E-state index in [1.54, 1.807) is 6.07 Å². The van der Waals surface area contributed by atoms with E-state index in [1.807, 2.05) is 27.7 Å². The first-order valence-electron chi connectivity index (χ1n) is 13.6. The van der Waals surface area contributed by atoms with Crippen LogP contribution in [0, 0.1) is 5.92 Å². The standard InChI is InChI=1S/C28H43NO10/c1-6-9-15-36-27(32)38-23-13-12-21(19-24(23)39-28(33)37-16-10-7-2)18-22(26(31)34-5)29-14-17-35-25(30)20(4)11-8-3/h12-13,19-20,22,29H,6-11,14-18H2,1-5H3/t20?,22-/m0/s1. The number of hydrogen-bond donors (Lipinski definition) is 1. The molecule has 0 heterocycles. The Morgan fingerprint density at radius 2 is 1.41 bits per heavy atom. The highest BCUT2D eigenvalue weighted by molar-refractivity contribution is 5.76. The van der Waals surface area contributed by atoms with E-state index in [0.717, 1.165) is 25.7 Å². The Morgan fingerprint density at radius 3 is 1.97 bits per heavy atom. The molecule has 0 aliphatic heterocycles. The van der Waals surface area contributed by atoms with Crippen LogP contribution in [0.4, 0.5) is 9.59 Å². The van der Waals surface area contributed by atoms with Gasteiger partial charge in [0.05, 0.1) is 26.2 Å². The summed E-state index contributed by atoms with van der Waals surface area (Å²) in [6.45, 7) is 8.41. The summed E-state index contributed by atoms with van der Waals surface area (Å²) >= 11 is 0. The fraction of sp³-hybridized carbons (Fsp3) is 0.643. The molecule has 2 atom stereocenters. The monoisotopic (exact) mass is 553 g/mol. The van der Waals surface area contributed by atoms with Gasteiger partial charge in [-0.3, -0.25) is 9.59 Å². The van der Waals surface area contributed by atoms with Crippen LogP contribution in [0.1, 0.15) is 71.8 Å². The van der Waals surface area contributed by atoms with Crippen LogP contribution in [0.15, 0.2) is 18.2 Å². The topological polar surface area (TPSA) is 136 Å². The molecule has 1 aromatic rings. The largest absolute Gasteiger partial charge is 0.513 e. The molecule has 0 fully saturated rings. The third-order valence-electron chi connectivity index (χ3n) is 5.62. The molecule has 0 radical (unpaired) electrons. The van der Waals surface area contributed by atoms with Gasteiger partial charge in [-0.25, -0.2) is 9.59 Å². The molecule has 1 N–H and O–H groups in total. The van der Waals surface area contributed by atoms with Crippen LogP contribution in [0.3, 0.4) is 0 Å². The number of esters is 2. The number of nitrogens with one attached hydrogen (secondary N) is 1. The first-order valence-corrected chi connectivity index (χ1v) is 13.6. The maximum atomic E-state index is 12.4. The molecule has 1 unspecified atom stereocenters. The van der Waals surface area contributed by atoms with Gasteiger partial charge in [0.25, 0.3) is 0 Å². The summed E-state index contributed by atoms with van der Waals surface area (Å²) in [4.78, 5) is 48.7. The number of rotatable bonds is 18. The van der Waals surface area contributed by atoms with Crippen LogP contribution in [0.5, 0.6) is 11.5 Å². The smallest absolute Gasteiger partial charge is 0.468 e. The molecule has 39 heavy (non-hydrogen) atoms. The molecule has 11 nitrogen and oxygen atoms in total. The number of benzene rings is 1. The maximum Gasteiger partial charge on any atom is 0.513 e. The minimum Gasteiger partial charge on any atom is -0.468 e. The minimum absolute atomic E-state index is 0.0385. The van der Waals surface area contributed by atoms with E-state index in [-0.39, 0.29) is 56.2 Å². The van der Waals surface area contributed by atoms with Crippen LogP contribution in [-0.4, -0.2) is 63.8 Å². The average molecular weight is 554 g/mol. The highest BCUT2D eigenvalue weighted by atomic mass is 16.7. The van der Waals surface area contributed by atoms with E-state index in [1.165, 1.54) is 19.2 Å². The summed E-state index contributed by atoms with van der Waals surface area (Å²) in [7, 11) is 1.27. The zero-order valence-corrected chi connectivity index (χ0v) is 23.7. The predicted molar refractivity (Wildman–Crippen MR) is 143 cm³/mol. The molecule has 220 valence electrons. The molecule has 0 saturated carbocycles. The quantitative estimate of drug-likeness (QED) is 0.114. The average Bonchev–Trinajstić information content (AvgIpc) is 2.91. The predicted octanol–water partition coefficient (Wildman–Crippen LogP) is 4.97. The third-order valence-corrected chi connectivity index (χ3v) is 5.62. The molecule has 11 heteroatoms. The Kier molecular flexibility index (Phi) is 17.0. The van der Waals surface area contributed by atoms with Crippen LogP contribution in [0.25, 0.3) is 0 Å². The van der Waals surface area contributed by atoms with E-state index in [4.69, 9.17) is 28.4 Å². The Balaban J connectivity index is 2.94. The lowest BCUT2D eigenvalue weighted by molar-refractivity contribution is -0.148. The fourth-order valence-electron chi connectivity index (χ4n) is 3.38. The summed E-state index contributed by atoms with van der Waals surface area (Å²) in [5.41, 5.74) is 0.578. The molecular formula is C28H43NO10. The van der Waals surface area contributed by atoms with Crippen molar-refractivity contribution in [2.45, 2.75) is 78.7 Å². The molecule has 0 saturated heterocycles. The lowest BCUT2D eigenvalue weighted by atomic mass is 10.1. The molecule has 0 aliphatic carbocycles. The van der Waals surface area contributed by atoms with Crippen molar-refractivity contribution < 1.29 is 47.6 Å². The number of carbonyl (C=O) groups is 4. The van der Waals surface area contributed by atoms with E-state index in [2.05, 4.69) is 5.32 Å². The van der Waals surface area contributed by atoms with Gasteiger partial charge in [-0.1, -0.05) is 53.0 Å². The fourth-order valence-corrected chi connectivity index (χ4v) is 3.38.